The number of aromatic nitrogens is 1. The Morgan fingerprint density at radius 2 is 2.28 bits per heavy atom. The average Bonchev–Trinajstić information content (AvgIpc) is 2.70. The molecule has 18 heavy (non-hydrogen) atoms. The molecule has 1 aromatic heterocycles. The molecule has 0 radical (unpaired) electrons. The molecule has 0 aliphatic heterocycles. The number of nitrogens with zero attached hydrogens (tertiary/aromatic N) is 1. The van der Waals surface area contributed by atoms with Crippen molar-refractivity contribution in [1.82, 2.24) is 4.37 Å². The van der Waals surface area contributed by atoms with E-state index in [0.717, 1.165) is 17.2 Å². The van der Waals surface area contributed by atoms with Gasteiger partial charge < -0.3 is 15.2 Å². The lowest BCUT2D eigenvalue weighted by Crippen LogP contribution is -2.01. The molecule has 0 aliphatic rings. The summed E-state index contributed by atoms with van der Waals surface area (Å²) >= 11 is 1.13. The zero-order chi connectivity index (χ0) is 13.1. The number of anilines is 2. The van der Waals surface area contributed by atoms with Gasteiger partial charge in [0.25, 0.3) is 0 Å². The van der Waals surface area contributed by atoms with Crippen molar-refractivity contribution >= 4 is 28.2 Å². The Kier molecular flexibility index (Phi) is 3.47. The van der Waals surface area contributed by atoms with E-state index in [1.165, 1.54) is 0 Å². The van der Waals surface area contributed by atoms with Crippen LogP contribution in [-0.2, 0) is 0 Å². The van der Waals surface area contributed by atoms with Crippen LogP contribution in [0.25, 0.3) is 0 Å². The number of hydrogen-bond donors (Lipinski definition) is 2. The molecule has 0 bridgehead atoms. The van der Waals surface area contributed by atoms with Gasteiger partial charge in [-0.15, -0.1) is 0 Å². The average molecular weight is 264 g/mol. The first kappa shape index (κ1) is 12.4. The fraction of sp³-hybridized carbons (Fsp3) is 0.167. The Morgan fingerprint density at radius 3 is 2.94 bits per heavy atom. The highest BCUT2D eigenvalue weighted by molar-refractivity contribution is 7.10. The number of aromatic carboxylic acids is 1. The van der Waals surface area contributed by atoms with Crippen molar-refractivity contribution in [2.75, 3.05) is 12.4 Å². The van der Waals surface area contributed by atoms with Crippen LogP contribution < -0.4 is 10.1 Å². The van der Waals surface area contributed by atoms with E-state index in [1.807, 2.05) is 18.2 Å². The Balaban J connectivity index is 2.31. The summed E-state index contributed by atoms with van der Waals surface area (Å²) in [5.41, 5.74) is 1.49. The number of hydrogen-bond acceptors (Lipinski definition) is 5. The van der Waals surface area contributed by atoms with Crippen LogP contribution in [0.3, 0.4) is 0 Å². The molecular formula is C12H12N2O3S. The van der Waals surface area contributed by atoms with Gasteiger partial charge >= 0.3 is 5.97 Å². The van der Waals surface area contributed by atoms with Crippen molar-refractivity contribution in [3.63, 3.8) is 0 Å². The van der Waals surface area contributed by atoms with Gasteiger partial charge in [0, 0.05) is 11.8 Å². The SMILES string of the molecule is COc1cccc(Nc2snc(C)c2C(=O)O)c1. The van der Waals surface area contributed by atoms with Gasteiger partial charge in [-0.2, -0.15) is 4.37 Å². The van der Waals surface area contributed by atoms with E-state index in [4.69, 9.17) is 9.84 Å². The molecule has 0 unspecified atom stereocenters. The third-order valence-corrected chi connectivity index (χ3v) is 3.26. The van der Waals surface area contributed by atoms with E-state index in [0.29, 0.717) is 16.4 Å². The minimum absolute atomic E-state index is 0.211. The second-order valence-corrected chi connectivity index (χ2v) is 4.41. The van der Waals surface area contributed by atoms with E-state index in [1.54, 1.807) is 20.1 Å². The normalized spacial score (nSPS) is 10.1. The molecule has 0 aliphatic carbocycles. The van der Waals surface area contributed by atoms with Gasteiger partial charge in [-0.05, 0) is 30.6 Å². The standard InChI is InChI=1S/C12H12N2O3S/c1-7-10(12(15)16)11(18-14-7)13-8-4-3-5-9(6-8)17-2/h3-6,13H,1-2H3,(H,15,16). The van der Waals surface area contributed by atoms with Crippen molar-refractivity contribution in [2.24, 2.45) is 0 Å². The summed E-state index contributed by atoms with van der Waals surface area (Å²) in [6, 6.07) is 7.28. The Bertz CT molecular complexity index is 580. The number of carboxylic acid groups (broad SMARTS) is 1. The van der Waals surface area contributed by atoms with Crippen LogP contribution in [0.5, 0.6) is 5.75 Å². The predicted molar refractivity (Wildman–Crippen MR) is 70.1 cm³/mol. The van der Waals surface area contributed by atoms with E-state index in [-0.39, 0.29) is 5.56 Å². The molecule has 0 spiro atoms. The fourth-order valence-electron chi connectivity index (χ4n) is 1.54. The quantitative estimate of drug-likeness (QED) is 0.888. The molecule has 2 rings (SSSR count). The van der Waals surface area contributed by atoms with Crippen LogP contribution in [0.1, 0.15) is 16.1 Å². The van der Waals surface area contributed by atoms with Crippen molar-refractivity contribution in [2.45, 2.75) is 6.92 Å². The lowest BCUT2D eigenvalue weighted by atomic mass is 10.2. The minimum atomic E-state index is -0.980. The lowest BCUT2D eigenvalue weighted by Gasteiger charge is -2.06. The minimum Gasteiger partial charge on any atom is -0.497 e. The number of carbonyl (C=O) groups is 1. The Hall–Kier alpha value is -2.08. The fourth-order valence-corrected chi connectivity index (χ4v) is 2.35. The summed E-state index contributed by atoms with van der Waals surface area (Å²) in [5.74, 6) is -0.273. The van der Waals surface area contributed by atoms with Crippen LogP contribution >= 0.6 is 11.5 Å². The summed E-state index contributed by atoms with van der Waals surface area (Å²) in [6.45, 7) is 1.68. The van der Waals surface area contributed by atoms with Gasteiger partial charge in [-0.3, -0.25) is 0 Å². The molecule has 0 fully saturated rings. The molecule has 5 nitrogen and oxygen atoms in total. The molecule has 2 N–H and O–H groups in total. The lowest BCUT2D eigenvalue weighted by molar-refractivity contribution is 0.0697. The van der Waals surface area contributed by atoms with E-state index in [9.17, 15) is 4.79 Å². The van der Waals surface area contributed by atoms with Crippen LogP contribution in [-0.4, -0.2) is 22.6 Å². The first-order valence-corrected chi connectivity index (χ1v) is 6.00. The first-order chi connectivity index (χ1) is 8.61. The van der Waals surface area contributed by atoms with Gasteiger partial charge in [-0.1, -0.05) is 6.07 Å². The van der Waals surface area contributed by atoms with Gasteiger partial charge in [0.15, 0.2) is 0 Å². The van der Waals surface area contributed by atoms with Crippen LogP contribution in [0.4, 0.5) is 10.7 Å². The Labute approximate surface area is 108 Å². The van der Waals surface area contributed by atoms with Gasteiger partial charge in [0.2, 0.25) is 0 Å². The highest BCUT2D eigenvalue weighted by Crippen LogP contribution is 2.29. The van der Waals surface area contributed by atoms with Crippen molar-refractivity contribution in [3.05, 3.63) is 35.5 Å². The summed E-state index contributed by atoms with van der Waals surface area (Å²) in [7, 11) is 1.58. The molecule has 0 saturated carbocycles. The van der Waals surface area contributed by atoms with E-state index < -0.39 is 5.97 Å². The summed E-state index contributed by atoms with van der Waals surface area (Å²) in [6.07, 6.45) is 0. The number of ether oxygens (including phenoxy) is 1. The monoisotopic (exact) mass is 264 g/mol. The van der Waals surface area contributed by atoms with Crippen molar-refractivity contribution < 1.29 is 14.6 Å². The summed E-state index contributed by atoms with van der Waals surface area (Å²) in [4.78, 5) is 11.1. The van der Waals surface area contributed by atoms with Crippen molar-refractivity contribution in [1.29, 1.82) is 0 Å². The van der Waals surface area contributed by atoms with Gasteiger partial charge in [0.1, 0.15) is 16.3 Å². The third kappa shape index (κ3) is 2.43. The van der Waals surface area contributed by atoms with Crippen LogP contribution in [0.2, 0.25) is 0 Å². The molecule has 2 aromatic rings. The van der Waals surface area contributed by atoms with Gasteiger partial charge in [-0.25, -0.2) is 4.79 Å². The Morgan fingerprint density at radius 1 is 1.50 bits per heavy atom. The maximum atomic E-state index is 11.1. The maximum absolute atomic E-state index is 11.1. The van der Waals surface area contributed by atoms with Crippen LogP contribution in [0, 0.1) is 6.92 Å². The predicted octanol–water partition coefficient (Wildman–Crippen LogP) is 2.90. The number of carboxylic acids is 1. The van der Waals surface area contributed by atoms with Crippen LogP contribution in [0.15, 0.2) is 24.3 Å². The number of rotatable bonds is 4. The highest BCUT2D eigenvalue weighted by atomic mass is 32.1. The maximum Gasteiger partial charge on any atom is 0.340 e. The molecule has 0 saturated heterocycles. The van der Waals surface area contributed by atoms with Gasteiger partial charge in [0.05, 0.1) is 12.8 Å². The topological polar surface area (TPSA) is 71.5 Å². The molecule has 94 valence electrons. The van der Waals surface area contributed by atoms with E-state index >= 15 is 0 Å². The second kappa shape index (κ2) is 5.05. The molecule has 0 amide bonds. The van der Waals surface area contributed by atoms with Crippen molar-refractivity contribution in [3.8, 4) is 5.75 Å². The summed E-state index contributed by atoms with van der Waals surface area (Å²) < 4.78 is 9.15. The second-order valence-electron chi connectivity index (χ2n) is 3.63. The smallest absolute Gasteiger partial charge is 0.340 e. The zero-order valence-corrected chi connectivity index (χ0v) is 10.7. The molecular weight excluding hydrogens is 252 g/mol. The molecule has 0 atom stereocenters. The summed E-state index contributed by atoms with van der Waals surface area (Å²) in [5, 5.41) is 12.7. The molecule has 1 aromatic carbocycles. The molecule has 6 heteroatoms. The number of benzene rings is 1. The number of nitrogens with one attached hydrogen (secondary N) is 1. The molecule has 1 heterocycles. The number of aryl methyl sites for hydroxylation is 1. The first-order valence-electron chi connectivity index (χ1n) is 5.22. The number of methoxy groups -OCH3 is 1. The third-order valence-electron chi connectivity index (χ3n) is 2.40. The zero-order valence-electron chi connectivity index (χ0n) is 9.93. The highest BCUT2D eigenvalue weighted by Gasteiger charge is 2.17. The van der Waals surface area contributed by atoms with E-state index in [2.05, 4.69) is 9.69 Å². The largest absolute Gasteiger partial charge is 0.497 e.